The van der Waals surface area contributed by atoms with E-state index < -0.39 is 5.82 Å². The maximum atomic E-state index is 14.0. The third-order valence-corrected chi connectivity index (χ3v) is 5.10. The lowest BCUT2D eigenvalue weighted by molar-refractivity contribution is -0.00127. The molecule has 0 N–H and O–H groups in total. The van der Waals surface area contributed by atoms with Gasteiger partial charge in [-0.15, -0.1) is 5.10 Å². The van der Waals surface area contributed by atoms with Crippen LogP contribution in [0.1, 0.15) is 17.4 Å². The monoisotopic (exact) mass is 423 g/mol. The second-order valence-corrected chi connectivity index (χ2v) is 6.92. The van der Waals surface area contributed by atoms with Crippen molar-refractivity contribution in [2.24, 2.45) is 0 Å². The fraction of sp³-hybridized carbons (Fsp3) is 0.238. The van der Waals surface area contributed by atoms with E-state index >= 15 is 0 Å². The molecule has 31 heavy (non-hydrogen) atoms. The minimum Gasteiger partial charge on any atom is -0.497 e. The SMILES string of the molecule is COc1cccc([C@H]2Cn3nnc(-c4nc(-c5ccc(OC)c(F)c5)no4)c3CO2)c1. The lowest BCUT2D eigenvalue weighted by Gasteiger charge is -2.24. The highest BCUT2D eigenvalue weighted by atomic mass is 19.1. The van der Waals surface area contributed by atoms with Crippen LogP contribution in [-0.4, -0.2) is 39.4 Å². The Labute approximate surface area is 176 Å². The molecule has 0 spiro atoms. The normalized spacial score (nSPS) is 15.5. The van der Waals surface area contributed by atoms with E-state index in [0.717, 1.165) is 17.0 Å². The largest absolute Gasteiger partial charge is 0.497 e. The van der Waals surface area contributed by atoms with E-state index in [0.29, 0.717) is 17.8 Å². The fourth-order valence-corrected chi connectivity index (χ4v) is 3.46. The lowest BCUT2D eigenvalue weighted by atomic mass is 10.1. The van der Waals surface area contributed by atoms with Crippen LogP contribution in [-0.2, 0) is 17.9 Å². The van der Waals surface area contributed by atoms with Crippen molar-refractivity contribution in [2.75, 3.05) is 14.2 Å². The highest BCUT2D eigenvalue weighted by molar-refractivity contribution is 5.59. The number of benzene rings is 2. The molecule has 0 saturated carbocycles. The van der Waals surface area contributed by atoms with Crippen LogP contribution < -0.4 is 9.47 Å². The van der Waals surface area contributed by atoms with Gasteiger partial charge >= 0.3 is 0 Å². The molecule has 0 fully saturated rings. The van der Waals surface area contributed by atoms with Gasteiger partial charge in [0.05, 0.1) is 33.1 Å². The summed E-state index contributed by atoms with van der Waals surface area (Å²) in [5.74, 6) is 0.826. The van der Waals surface area contributed by atoms with Crippen molar-refractivity contribution in [3.8, 4) is 34.5 Å². The van der Waals surface area contributed by atoms with Crippen molar-refractivity contribution >= 4 is 0 Å². The number of nitrogens with zero attached hydrogens (tertiary/aromatic N) is 5. The van der Waals surface area contributed by atoms with E-state index in [1.165, 1.54) is 19.2 Å². The van der Waals surface area contributed by atoms with Gasteiger partial charge in [-0.3, -0.25) is 0 Å². The molecule has 158 valence electrons. The molecule has 0 amide bonds. The molecular formula is C21H18FN5O4. The zero-order chi connectivity index (χ0) is 21.4. The van der Waals surface area contributed by atoms with E-state index in [1.807, 2.05) is 24.3 Å². The summed E-state index contributed by atoms with van der Waals surface area (Å²) in [5, 5.41) is 12.4. The van der Waals surface area contributed by atoms with Crippen LogP contribution in [0.15, 0.2) is 47.0 Å². The molecule has 1 atom stereocenters. The Morgan fingerprint density at radius 2 is 2.03 bits per heavy atom. The lowest BCUT2D eigenvalue weighted by Crippen LogP contribution is -2.22. The summed E-state index contributed by atoms with van der Waals surface area (Å²) in [6.45, 7) is 0.763. The number of methoxy groups -OCH3 is 2. The summed E-state index contributed by atoms with van der Waals surface area (Å²) in [4.78, 5) is 4.35. The van der Waals surface area contributed by atoms with Gasteiger partial charge in [0, 0.05) is 5.56 Å². The van der Waals surface area contributed by atoms with Crippen molar-refractivity contribution in [1.82, 2.24) is 25.1 Å². The van der Waals surface area contributed by atoms with E-state index in [9.17, 15) is 4.39 Å². The summed E-state index contributed by atoms with van der Waals surface area (Å²) in [7, 11) is 3.03. The molecule has 0 unspecified atom stereocenters. The molecule has 0 bridgehead atoms. The average molecular weight is 423 g/mol. The van der Waals surface area contributed by atoms with Gasteiger partial charge in [0.15, 0.2) is 17.3 Å². The van der Waals surface area contributed by atoms with Crippen LogP contribution >= 0.6 is 0 Å². The van der Waals surface area contributed by atoms with Crippen LogP contribution in [0.3, 0.4) is 0 Å². The summed E-state index contributed by atoms with van der Waals surface area (Å²) in [6.07, 6.45) is -0.183. The second-order valence-electron chi connectivity index (χ2n) is 6.92. The molecule has 1 aliphatic rings. The molecule has 3 heterocycles. The Morgan fingerprint density at radius 1 is 1.13 bits per heavy atom. The standard InChI is InChI=1S/C21H18FN5O4/c1-28-14-5-3-4-12(8-14)18-10-27-16(11-30-18)19(24-26-27)21-23-20(25-31-21)13-6-7-17(29-2)15(22)9-13/h3-9,18H,10-11H2,1-2H3/t18-/m1/s1. The second kappa shape index (κ2) is 7.80. The molecule has 1 aliphatic heterocycles. The van der Waals surface area contributed by atoms with E-state index in [4.69, 9.17) is 18.7 Å². The Kier molecular flexibility index (Phi) is 4.83. The minimum atomic E-state index is -0.510. The van der Waals surface area contributed by atoms with Gasteiger partial charge in [0.2, 0.25) is 5.82 Å². The van der Waals surface area contributed by atoms with Gasteiger partial charge in [-0.25, -0.2) is 9.07 Å². The highest BCUT2D eigenvalue weighted by Crippen LogP contribution is 2.32. The molecule has 4 aromatic rings. The van der Waals surface area contributed by atoms with Gasteiger partial charge in [0.25, 0.3) is 5.89 Å². The molecular weight excluding hydrogens is 405 g/mol. The summed E-state index contributed by atoms with van der Waals surface area (Å²) < 4.78 is 37.4. The predicted molar refractivity (Wildman–Crippen MR) is 106 cm³/mol. The number of hydrogen-bond donors (Lipinski definition) is 0. The van der Waals surface area contributed by atoms with Crippen molar-refractivity contribution in [1.29, 1.82) is 0 Å². The first-order chi connectivity index (χ1) is 15.2. The summed E-state index contributed by atoms with van der Waals surface area (Å²) >= 11 is 0. The van der Waals surface area contributed by atoms with Gasteiger partial charge in [0.1, 0.15) is 11.9 Å². The molecule has 10 heteroatoms. The third kappa shape index (κ3) is 3.50. The van der Waals surface area contributed by atoms with E-state index in [-0.39, 0.29) is 30.2 Å². The molecule has 0 saturated heterocycles. The number of rotatable bonds is 5. The van der Waals surface area contributed by atoms with Crippen molar-refractivity contribution in [2.45, 2.75) is 19.3 Å². The average Bonchev–Trinajstić information content (AvgIpc) is 3.45. The van der Waals surface area contributed by atoms with Gasteiger partial charge in [-0.05, 0) is 35.9 Å². The Balaban J connectivity index is 1.39. The van der Waals surface area contributed by atoms with Gasteiger partial charge in [-0.2, -0.15) is 4.98 Å². The Morgan fingerprint density at radius 3 is 2.84 bits per heavy atom. The molecule has 0 radical (unpaired) electrons. The topological polar surface area (TPSA) is 97.3 Å². The third-order valence-electron chi connectivity index (χ3n) is 5.10. The number of fused-ring (bicyclic) bond motifs is 1. The quantitative estimate of drug-likeness (QED) is 0.482. The molecule has 0 aliphatic carbocycles. The maximum Gasteiger partial charge on any atom is 0.280 e. The predicted octanol–water partition coefficient (Wildman–Crippen LogP) is 3.42. The van der Waals surface area contributed by atoms with Crippen molar-refractivity contribution < 1.29 is 23.1 Å². The van der Waals surface area contributed by atoms with Gasteiger partial charge < -0.3 is 18.7 Å². The highest BCUT2D eigenvalue weighted by Gasteiger charge is 2.28. The van der Waals surface area contributed by atoms with Crippen LogP contribution in [0, 0.1) is 5.82 Å². The first kappa shape index (κ1) is 19.2. The number of aromatic nitrogens is 5. The molecule has 9 nitrogen and oxygen atoms in total. The Hall–Kier alpha value is -3.79. The van der Waals surface area contributed by atoms with Crippen molar-refractivity contribution in [3.63, 3.8) is 0 Å². The van der Waals surface area contributed by atoms with Crippen LogP contribution in [0.25, 0.3) is 23.0 Å². The minimum absolute atomic E-state index is 0.141. The maximum absolute atomic E-state index is 14.0. The number of halogens is 1. The summed E-state index contributed by atoms with van der Waals surface area (Å²) in [5.41, 5.74) is 2.62. The molecule has 5 rings (SSSR count). The first-order valence-electron chi connectivity index (χ1n) is 9.52. The van der Waals surface area contributed by atoms with Gasteiger partial charge in [-0.1, -0.05) is 22.5 Å². The zero-order valence-corrected chi connectivity index (χ0v) is 16.8. The zero-order valence-electron chi connectivity index (χ0n) is 16.8. The van der Waals surface area contributed by atoms with E-state index in [1.54, 1.807) is 17.9 Å². The molecule has 2 aromatic heterocycles. The van der Waals surface area contributed by atoms with Crippen LogP contribution in [0.2, 0.25) is 0 Å². The number of ether oxygens (including phenoxy) is 3. The Bertz CT molecular complexity index is 1240. The van der Waals surface area contributed by atoms with Crippen LogP contribution in [0.4, 0.5) is 4.39 Å². The van der Waals surface area contributed by atoms with Crippen molar-refractivity contribution in [3.05, 3.63) is 59.5 Å². The first-order valence-corrected chi connectivity index (χ1v) is 9.52. The molecule has 2 aromatic carbocycles. The summed E-state index contributed by atoms with van der Waals surface area (Å²) in [6, 6.07) is 12.2. The van der Waals surface area contributed by atoms with Crippen LogP contribution in [0.5, 0.6) is 11.5 Å². The fourth-order valence-electron chi connectivity index (χ4n) is 3.46. The van der Waals surface area contributed by atoms with E-state index in [2.05, 4.69) is 20.5 Å². The number of hydrogen-bond acceptors (Lipinski definition) is 8. The smallest absolute Gasteiger partial charge is 0.280 e.